The molecule has 0 bridgehead atoms. The zero-order valence-electron chi connectivity index (χ0n) is 18.2. The molecule has 3 aromatic rings. The van der Waals surface area contributed by atoms with Crippen molar-refractivity contribution in [3.63, 3.8) is 0 Å². The lowest BCUT2D eigenvalue weighted by molar-refractivity contribution is 0.0487. The van der Waals surface area contributed by atoms with Crippen molar-refractivity contribution in [3.8, 4) is 5.75 Å². The Morgan fingerprint density at radius 1 is 1.10 bits per heavy atom. The van der Waals surface area contributed by atoms with Crippen LogP contribution < -0.4 is 10.1 Å². The first-order valence-electron chi connectivity index (χ1n) is 10.7. The molecule has 1 N–H and O–H groups in total. The van der Waals surface area contributed by atoms with Crippen LogP contribution in [0, 0.1) is 0 Å². The Morgan fingerprint density at radius 3 is 2.58 bits per heavy atom. The van der Waals surface area contributed by atoms with Crippen LogP contribution in [-0.4, -0.2) is 51.1 Å². The molecule has 0 spiro atoms. The molecule has 1 aliphatic rings. The molecule has 1 amide bonds. The molecule has 6 heteroatoms. The SMILES string of the molecule is COCCn1ccc2cc(C(=O)NCC3(c4ccc(OC)cc4)CCOCC3)ccc21. The van der Waals surface area contributed by atoms with E-state index in [2.05, 4.69) is 22.0 Å². The summed E-state index contributed by atoms with van der Waals surface area (Å²) in [5.74, 6) is 0.784. The number of nitrogens with zero attached hydrogens (tertiary/aromatic N) is 1. The highest BCUT2D eigenvalue weighted by molar-refractivity contribution is 5.98. The average molecular weight is 423 g/mol. The van der Waals surface area contributed by atoms with Crippen LogP contribution in [0.2, 0.25) is 0 Å². The smallest absolute Gasteiger partial charge is 0.251 e. The third-order valence-corrected chi connectivity index (χ3v) is 6.31. The molecule has 1 fully saturated rings. The molecule has 0 radical (unpaired) electrons. The van der Waals surface area contributed by atoms with Crippen molar-refractivity contribution < 1.29 is 19.0 Å². The summed E-state index contributed by atoms with van der Waals surface area (Å²) in [4.78, 5) is 13.0. The number of hydrogen-bond donors (Lipinski definition) is 1. The van der Waals surface area contributed by atoms with Crippen molar-refractivity contribution in [1.82, 2.24) is 9.88 Å². The number of fused-ring (bicyclic) bond motifs is 1. The Morgan fingerprint density at radius 2 is 1.87 bits per heavy atom. The van der Waals surface area contributed by atoms with Gasteiger partial charge in [-0.1, -0.05) is 12.1 Å². The third-order valence-electron chi connectivity index (χ3n) is 6.31. The van der Waals surface area contributed by atoms with Gasteiger partial charge in [0.2, 0.25) is 0 Å². The number of rotatable bonds is 8. The van der Waals surface area contributed by atoms with E-state index in [9.17, 15) is 4.79 Å². The highest BCUT2D eigenvalue weighted by atomic mass is 16.5. The zero-order chi connectivity index (χ0) is 21.7. The molecule has 0 atom stereocenters. The van der Waals surface area contributed by atoms with Crippen molar-refractivity contribution in [1.29, 1.82) is 0 Å². The molecule has 4 rings (SSSR count). The van der Waals surface area contributed by atoms with Crippen LogP contribution in [0.3, 0.4) is 0 Å². The normalized spacial score (nSPS) is 15.7. The minimum Gasteiger partial charge on any atom is -0.497 e. The maximum Gasteiger partial charge on any atom is 0.251 e. The fourth-order valence-corrected chi connectivity index (χ4v) is 4.35. The van der Waals surface area contributed by atoms with Crippen molar-refractivity contribution >= 4 is 16.8 Å². The highest BCUT2D eigenvalue weighted by Crippen LogP contribution is 2.35. The van der Waals surface area contributed by atoms with Crippen molar-refractivity contribution in [3.05, 3.63) is 65.9 Å². The van der Waals surface area contributed by atoms with Gasteiger partial charge in [0, 0.05) is 61.5 Å². The second-order valence-electron chi connectivity index (χ2n) is 8.08. The molecule has 1 aromatic heterocycles. The van der Waals surface area contributed by atoms with Crippen LogP contribution in [0.4, 0.5) is 0 Å². The number of hydrogen-bond acceptors (Lipinski definition) is 4. The second-order valence-corrected chi connectivity index (χ2v) is 8.08. The quantitative estimate of drug-likeness (QED) is 0.600. The van der Waals surface area contributed by atoms with Crippen LogP contribution in [0.1, 0.15) is 28.8 Å². The minimum absolute atomic E-state index is 0.0501. The Hall–Kier alpha value is -2.83. The third kappa shape index (κ3) is 4.60. The Bertz CT molecular complexity index is 1020. The highest BCUT2D eigenvalue weighted by Gasteiger charge is 2.35. The van der Waals surface area contributed by atoms with E-state index in [-0.39, 0.29) is 11.3 Å². The molecular weight excluding hydrogens is 392 g/mol. The van der Waals surface area contributed by atoms with Gasteiger partial charge in [0.15, 0.2) is 0 Å². The van der Waals surface area contributed by atoms with Crippen LogP contribution in [0.25, 0.3) is 10.9 Å². The van der Waals surface area contributed by atoms with E-state index < -0.39 is 0 Å². The lowest BCUT2D eigenvalue weighted by Gasteiger charge is -2.38. The molecule has 0 saturated carbocycles. The average Bonchev–Trinajstić information content (AvgIpc) is 3.24. The number of benzene rings is 2. The van der Waals surface area contributed by atoms with Gasteiger partial charge in [-0.3, -0.25) is 4.79 Å². The molecular formula is C25H30N2O4. The summed E-state index contributed by atoms with van der Waals surface area (Å²) in [5, 5.41) is 4.25. The number of methoxy groups -OCH3 is 2. The van der Waals surface area contributed by atoms with E-state index in [4.69, 9.17) is 14.2 Å². The van der Waals surface area contributed by atoms with E-state index in [0.717, 1.165) is 36.0 Å². The lowest BCUT2D eigenvalue weighted by atomic mass is 9.74. The number of aromatic nitrogens is 1. The van der Waals surface area contributed by atoms with Gasteiger partial charge < -0.3 is 24.1 Å². The lowest BCUT2D eigenvalue weighted by Crippen LogP contribution is -2.44. The van der Waals surface area contributed by atoms with Crippen LogP contribution in [0.15, 0.2) is 54.7 Å². The molecule has 31 heavy (non-hydrogen) atoms. The monoisotopic (exact) mass is 422 g/mol. The topological polar surface area (TPSA) is 61.7 Å². The zero-order valence-corrected chi connectivity index (χ0v) is 18.2. The van der Waals surface area contributed by atoms with Crippen molar-refractivity contribution in [2.75, 3.05) is 40.6 Å². The summed E-state index contributed by atoms with van der Waals surface area (Å²) in [6.45, 7) is 3.42. The van der Waals surface area contributed by atoms with Gasteiger partial charge in [0.25, 0.3) is 5.91 Å². The largest absolute Gasteiger partial charge is 0.497 e. The molecule has 2 aromatic carbocycles. The first kappa shape index (κ1) is 21.4. The first-order valence-corrected chi connectivity index (χ1v) is 10.7. The fourth-order valence-electron chi connectivity index (χ4n) is 4.35. The predicted octanol–water partition coefficient (Wildman–Crippen LogP) is 3.77. The molecule has 1 saturated heterocycles. The van der Waals surface area contributed by atoms with E-state index in [1.54, 1.807) is 14.2 Å². The minimum atomic E-state index is -0.131. The Balaban J connectivity index is 1.49. The van der Waals surface area contributed by atoms with E-state index in [1.165, 1.54) is 5.56 Å². The standard InChI is InChI=1S/C25H30N2O4/c1-29-16-13-27-12-9-19-17-20(3-8-23(19)27)24(28)26-18-25(10-14-31-15-11-25)21-4-6-22(30-2)7-5-21/h3-9,12,17H,10-11,13-16,18H2,1-2H3,(H,26,28). The van der Waals surface area contributed by atoms with Gasteiger partial charge in [0.1, 0.15) is 5.75 Å². The van der Waals surface area contributed by atoms with Gasteiger partial charge in [-0.15, -0.1) is 0 Å². The maximum absolute atomic E-state index is 13.0. The maximum atomic E-state index is 13.0. The molecule has 0 aliphatic carbocycles. The fraction of sp³-hybridized carbons (Fsp3) is 0.400. The van der Waals surface area contributed by atoms with Crippen molar-refractivity contribution in [2.24, 2.45) is 0 Å². The number of amides is 1. The van der Waals surface area contributed by atoms with Gasteiger partial charge in [-0.2, -0.15) is 0 Å². The summed E-state index contributed by atoms with van der Waals surface area (Å²) in [6, 6.07) is 16.1. The number of nitrogens with one attached hydrogen (secondary N) is 1. The van der Waals surface area contributed by atoms with Gasteiger partial charge in [0.05, 0.1) is 13.7 Å². The van der Waals surface area contributed by atoms with Crippen molar-refractivity contribution in [2.45, 2.75) is 24.8 Å². The van der Waals surface area contributed by atoms with Gasteiger partial charge in [-0.25, -0.2) is 0 Å². The predicted molar refractivity (Wildman–Crippen MR) is 121 cm³/mol. The number of ether oxygens (including phenoxy) is 3. The van der Waals surface area contributed by atoms with Gasteiger partial charge in [-0.05, 0) is 54.8 Å². The summed E-state index contributed by atoms with van der Waals surface area (Å²) in [7, 11) is 3.37. The van der Waals surface area contributed by atoms with Crippen LogP contribution in [0.5, 0.6) is 5.75 Å². The van der Waals surface area contributed by atoms with E-state index >= 15 is 0 Å². The summed E-state index contributed by atoms with van der Waals surface area (Å²) < 4.78 is 18.2. The summed E-state index contributed by atoms with van der Waals surface area (Å²) in [6.07, 6.45) is 3.79. The molecule has 6 nitrogen and oxygen atoms in total. The van der Waals surface area contributed by atoms with E-state index in [0.29, 0.717) is 31.9 Å². The molecule has 164 valence electrons. The second kappa shape index (κ2) is 9.54. The van der Waals surface area contributed by atoms with Gasteiger partial charge >= 0.3 is 0 Å². The molecule has 2 heterocycles. The summed E-state index contributed by atoms with van der Waals surface area (Å²) in [5.41, 5.74) is 2.86. The Kier molecular flexibility index (Phi) is 6.59. The number of carbonyl (C=O) groups is 1. The molecule has 1 aliphatic heterocycles. The summed E-state index contributed by atoms with van der Waals surface area (Å²) >= 11 is 0. The van der Waals surface area contributed by atoms with Crippen LogP contribution in [-0.2, 0) is 21.4 Å². The number of carbonyl (C=O) groups excluding carboxylic acids is 1. The Labute approximate surface area is 183 Å². The molecule has 0 unspecified atom stereocenters. The van der Waals surface area contributed by atoms with E-state index in [1.807, 2.05) is 42.6 Å². The van der Waals surface area contributed by atoms with Crippen LogP contribution >= 0.6 is 0 Å². The first-order chi connectivity index (χ1) is 15.1.